The maximum absolute atomic E-state index is 14.4. The highest BCUT2D eigenvalue weighted by Gasteiger charge is 2.30. The van der Waals surface area contributed by atoms with E-state index in [1.807, 2.05) is 36.4 Å². The van der Waals surface area contributed by atoms with Crippen LogP contribution in [0.25, 0.3) is 0 Å². The van der Waals surface area contributed by atoms with E-state index in [9.17, 15) is 22.4 Å². The zero-order valence-corrected chi connectivity index (χ0v) is 22.9. The van der Waals surface area contributed by atoms with Gasteiger partial charge in [-0.1, -0.05) is 66.2 Å². The molecule has 0 unspecified atom stereocenters. The van der Waals surface area contributed by atoms with Gasteiger partial charge in [0.1, 0.15) is 11.9 Å². The molecule has 0 aliphatic carbocycles. The molecule has 2 amide bonds. The van der Waals surface area contributed by atoms with Crippen LogP contribution in [0, 0.1) is 5.82 Å². The lowest BCUT2D eigenvalue weighted by atomic mass is 10.0. The van der Waals surface area contributed by atoms with Crippen molar-refractivity contribution in [2.45, 2.75) is 31.8 Å². The first-order chi connectivity index (χ1) is 18.1. The van der Waals surface area contributed by atoms with Crippen molar-refractivity contribution in [1.29, 1.82) is 0 Å². The summed E-state index contributed by atoms with van der Waals surface area (Å²) in [5, 5.41) is 3.15. The molecule has 3 aromatic rings. The first-order valence-corrected chi connectivity index (χ1v) is 14.3. The van der Waals surface area contributed by atoms with Gasteiger partial charge in [0.2, 0.25) is 21.8 Å². The molecule has 0 aliphatic rings. The second-order valence-electron chi connectivity index (χ2n) is 8.86. The number of carbonyl (C=O) groups is 2. The Hall–Kier alpha value is -3.43. The van der Waals surface area contributed by atoms with Gasteiger partial charge in [-0.05, 0) is 41.8 Å². The Morgan fingerprint density at radius 3 is 2.26 bits per heavy atom. The van der Waals surface area contributed by atoms with E-state index in [0.717, 1.165) is 21.7 Å². The zero-order chi connectivity index (χ0) is 27.7. The third-order valence-electron chi connectivity index (χ3n) is 6.03. The van der Waals surface area contributed by atoms with Crippen LogP contribution >= 0.6 is 11.6 Å². The van der Waals surface area contributed by atoms with Gasteiger partial charge in [-0.3, -0.25) is 13.9 Å². The highest BCUT2D eigenvalue weighted by molar-refractivity contribution is 7.92. The van der Waals surface area contributed by atoms with Crippen LogP contribution in [0.15, 0.2) is 78.9 Å². The number of rotatable bonds is 12. The van der Waals surface area contributed by atoms with E-state index in [-0.39, 0.29) is 49.9 Å². The Balaban J connectivity index is 1.85. The van der Waals surface area contributed by atoms with Crippen molar-refractivity contribution < 1.29 is 22.4 Å². The molecule has 0 saturated carbocycles. The van der Waals surface area contributed by atoms with Crippen LogP contribution in [0.5, 0.6) is 0 Å². The van der Waals surface area contributed by atoms with Crippen molar-refractivity contribution >= 4 is 39.1 Å². The Bertz CT molecular complexity index is 1350. The van der Waals surface area contributed by atoms with Gasteiger partial charge in [-0.2, -0.15) is 0 Å². The molecule has 10 heteroatoms. The molecular weight excluding hydrogens is 529 g/mol. The molecular formula is C28H31ClFN3O4S. The molecule has 1 N–H and O–H groups in total. The minimum absolute atomic E-state index is 0.0523. The number of hydrogen-bond donors (Lipinski definition) is 1. The summed E-state index contributed by atoms with van der Waals surface area (Å²) in [5.74, 6) is -1.33. The lowest BCUT2D eigenvalue weighted by Crippen LogP contribution is -2.49. The predicted molar refractivity (Wildman–Crippen MR) is 148 cm³/mol. The Kier molecular flexibility index (Phi) is 10.3. The van der Waals surface area contributed by atoms with Crippen molar-refractivity contribution in [2.75, 3.05) is 24.2 Å². The highest BCUT2D eigenvalue weighted by Crippen LogP contribution is 2.23. The normalized spacial score (nSPS) is 12.0. The third-order valence-corrected chi connectivity index (χ3v) is 7.45. The van der Waals surface area contributed by atoms with Crippen LogP contribution in [-0.2, 0) is 32.6 Å². The monoisotopic (exact) mass is 559 g/mol. The predicted octanol–water partition coefficient (Wildman–Crippen LogP) is 4.41. The summed E-state index contributed by atoms with van der Waals surface area (Å²) in [6.07, 6.45) is 1.35. The molecule has 0 heterocycles. The lowest BCUT2D eigenvalue weighted by Gasteiger charge is -2.31. The van der Waals surface area contributed by atoms with Crippen molar-refractivity contribution in [1.82, 2.24) is 10.2 Å². The summed E-state index contributed by atoms with van der Waals surface area (Å²) >= 11 is 6.16. The second kappa shape index (κ2) is 13.4. The van der Waals surface area contributed by atoms with E-state index >= 15 is 0 Å². The number of amides is 2. The number of halogens is 2. The average molecular weight is 560 g/mol. The summed E-state index contributed by atoms with van der Waals surface area (Å²) < 4.78 is 40.1. The largest absolute Gasteiger partial charge is 0.357 e. The number of sulfonamides is 1. The lowest BCUT2D eigenvalue weighted by molar-refractivity contribution is -0.141. The molecule has 0 fully saturated rings. The van der Waals surface area contributed by atoms with E-state index in [2.05, 4.69) is 5.32 Å². The summed E-state index contributed by atoms with van der Waals surface area (Å²) in [6.45, 7) is 0.0350. The van der Waals surface area contributed by atoms with Crippen LogP contribution in [0.3, 0.4) is 0 Å². The van der Waals surface area contributed by atoms with Crippen molar-refractivity contribution in [3.8, 4) is 0 Å². The summed E-state index contributed by atoms with van der Waals surface area (Å²) in [4.78, 5) is 28.1. The number of nitrogens with one attached hydrogen (secondary N) is 1. The number of para-hydroxylation sites is 1. The van der Waals surface area contributed by atoms with E-state index in [1.165, 1.54) is 30.1 Å². The minimum Gasteiger partial charge on any atom is -0.357 e. The van der Waals surface area contributed by atoms with Crippen molar-refractivity contribution in [3.63, 3.8) is 0 Å². The average Bonchev–Trinajstić information content (AvgIpc) is 2.88. The fourth-order valence-electron chi connectivity index (χ4n) is 4.19. The topological polar surface area (TPSA) is 86.8 Å². The summed E-state index contributed by atoms with van der Waals surface area (Å²) in [7, 11) is -2.28. The molecule has 0 aromatic heterocycles. The van der Waals surface area contributed by atoms with Gasteiger partial charge >= 0.3 is 0 Å². The Morgan fingerprint density at radius 1 is 0.974 bits per heavy atom. The first-order valence-electron chi connectivity index (χ1n) is 12.1. The van der Waals surface area contributed by atoms with Gasteiger partial charge < -0.3 is 10.2 Å². The van der Waals surface area contributed by atoms with Crippen LogP contribution < -0.4 is 9.62 Å². The first kappa shape index (κ1) is 29.1. The van der Waals surface area contributed by atoms with Crippen molar-refractivity contribution in [3.05, 3.63) is 101 Å². The van der Waals surface area contributed by atoms with Gasteiger partial charge in [-0.25, -0.2) is 12.8 Å². The zero-order valence-electron chi connectivity index (χ0n) is 21.3. The molecule has 38 heavy (non-hydrogen) atoms. The van der Waals surface area contributed by atoms with Crippen LogP contribution in [0.1, 0.15) is 24.0 Å². The minimum atomic E-state index is -3.80. The van der Waals surface area contributed by atoms with E-state index in [1.54, 1.807) is 24.3 Å². The van der Waals surface area contributed by atoms with Gasteiger partial charge in [0.25, 0.3) is 0 Å². The van der Waals surface area contributed by atoms with Crippen LogP contribution in [0.2, 0.25) is 5.02 Å². The SMILES string of the molecule is CNC(=O)[C@@H](Cc1ccccc1)N(Cc1cccc(Cl)c1)C(=O)CCCN(c1ccccc1F)S(C)(=O)=O. The van der Waals surface area contributed by atoms with Crippen LogP contribution in [-0.4, -0.2) is 51.0 Å². The fraction of sp³-hybridized carbons (Fsp3) is 0.286. The molecule has 0 aliphatic heterocycles. The number of benzene rings is 3. The van der Waals surface area contributed by atoms with Crippen molar-refractivity contribution in [2.24, 2.45) is 0 Å². The maximum Gasteiger partial charge on any atom is 0.242 e. The highest BCUT2D eigenvalue weighted by atomic mass is 35.5. The Labute approximate surface area is 228 Å². The molecule has 1 atom stereocenters. The molecule has 3 aromatic carbocycles. The van der Waals surface area contributed by atoms with Gasteiger partial charge in [-0.15, -0.1) is 0 Å². The molecule has 7 nitrogen and oxygen atoms in total. The summed E-state index contributed by atoms with van der Waals surface area (Å²) in [5.41, 5.74) is 1.55. The molecule has 0 bridgehead atoms. The fourth-order valence-corrected chi connectivity index (χ4v) is 5.37. The quantitative estimate of drug-likeness (QED) is 0.356. The van der Waals surface area contributed by atoms with Gasteiger partial charge in [0.15, 0.2) is 0 Å². The standard InChI is InChI=1S/C28H31ClFN3O4S/c1-31-28(35)26(19-21-10-4-3-5-11-21)32(20-22-12-8-13-23(29)18-22)27(34)16-9-17-33(38(2,36)37)25-15-7-6-14-24(25)30/h3-8,10-15,18,26H,9,16-17,19-20H2,1-2H3,(H,31,35)/t26-/m1/s1. The number of nitrogens with zero attached hydrogens (tertiary/aromatic N) is 2. The second-order valence-corrected chi connectivity index (χ2v) is 11.2. The molecule has 0 saturated heterocycles. The summed E-state index contributed by atoms with van der Waals surface area (Å²) in [6, 6.07) is 21.2. The molecule has 0 radical (unpaired) electrons. The molecule has 202 valence electrons. The van der Waals surface area contributed by atoms with Gasteiger partial charge in [0.05, 0.1) is 11.9 Å². The third kappa shape index (κ3) is 8.03. The Morgan fingerprint density at radius 2 is 1.63 bits per heavy atom. The number of hydrogen-bond acceptors (Lipinski definition) is 4. The molecule has 0 spiro atoms. The smallest absolute Gasteiger partial charge is 0.242 e. The van der Waals surface area contributed by atoms with E-state index < -0.39 is 21.9 Å². The van der Waals surface area contributed by atoms with E-state index in [0.29, 0.717) is 5.02 Å². The number of likely N-dealkylation sites (N-methyl/N-ethyl adjacent to an activating group) is 1. The van der Waals surface area contributed by atoms with Gasteiger partial charge in [0, 0.05) is 38.0 Å². The van der Waals surface area contributed by atoms with E-state index in [4.69, 9.17) is 11.6 Å². The molecule has 3 rings (SSSR count). The maximum atomic E-state index is 14.4. The number of carbonyl (C=O) groups excluding carboxylic acids is 2. The van der Waals surface area contributed by atoms with Crippen LogP contribution in [0.4, 0.5) is 10.1 Å². The number of anilines is 1.